The first-order valence-electron chi connectivity index (χ1n) is 9.37. The fourth-order valence-electron chi connectivity index (χ4n) is 3.17. The largest absolute Gasteiger partial charge is 0.307 e. The van der Waals surface area contributed by atoms with Crippen LogP contribution in [-0.2, 0) is 7.05 Å². The van der Waals surface area contributed by atoms with Crippen LogP contribution in [0, 0.1) is 18.3 Å². The van der Waals surface area contributed by atoms with E-state index in [4.69, 9.17) is 16.9 Å². The highest BCUT2D eigenvalue weighted by Crippen LogP contribution is 2.32. The summed E-state index contributed by atoms with van der Waals surface area (Å²) in [6.45, 7) is 1.71. The molecule has 8 heteroatoms. The number of benzene rings is 1. The summed E-state index contributed by atoms with van der Waals surface area (Å²) in [6.07, 6.45) is 8.25. The van der Waals surface area contributed by atoms with Gasteiger partial charge in [0.25, 0.3) is 5.91 Å². The molecule has 0 aliphatic carbocycles. The lowest BCUT2D eigenvalue weighted by Gasteiger charge is -2.10. The number of nitrogens with one attached hydrogen (secondary N) is 1. The Balaban J connectivity index is 1.58. The van der Waals surface area contributed by atoms with Crippen LogP contribution in [0.3, 0.4) is 0 Å². The minimum Gasteiger partial charge on any atom is -0.307 e. The minimum atomic E-state index is -0.376. The van der Waals surface area contributed by atoms with E-state index in [1.165, 1.54) is 12.4 Å². The van der Waals surface area contributed by atoms with Gasteiger partial charge in [0.1, 0.15) is 11.9 Å². The van der Waals surface area contributed by atoms with E-state index in [0.717, 1.165) is 22.3 Å². The number of carbonyl (C=O) groups excluding carboxylic acids is 1. The molecule has 1 amide bonds. The van der Waals surface area contributed by atoms with Crippen LogP contribution in [0.15, 0.2) is 61.3 Å². The van der Waals surface area contributed by atoms with Gasteiger partial charge in [0.2, 0.25) is 0 Å². The second kappa shape index (κ2) is 8.38. The van der Waals surface area contributed by atoms with E-state index >= 15 is 0 Å². The van der Waals surface area contributed by atoms with Gasteiger partial charge in [-0.05, 0) is 42.3 Å². The highest BCUT2D eigenvalue weighted by atomic mass is 35.5. The number of amides is 1. The predicted octanol–water partition coefficient (Wildman–Crippen LogP) is 4.63. The van der Waals surface area contributed by atoms with E-state index in [1.807, 2.05) is 43.6 Å². The van der Waals surface area contributed by atoms with Crippen molar-refractivity contribution in [2.75, 3.05) is 5.32 Å². The van der Waals surface area contributed by atoms with E-state index in [0.29, 0.717) is 27.5 Å². The molecule has 0 fully saturated rings. The standard InChI is InChI=1S/C23H17ClN6O/c1-14-17(8-25)9-26-12-20(14)23(31)29-22-6-4-16(10-27-22)19-7-15(3-5-21(19)24)18-11-28-30(2)13-18/h3-7,9-13H,1-2H3,(H,27,29,31). The van der Waals surface area contributed by atoms with E-state index in [9.17, 15) is 4.79 Å². The number of rotatable bonds is 4. The van der Waals surface area contributed by atoms with Crippen molar-refractivity contribution in [3.63, 3.8) is 0 Å². The molecule has 3 aromatic heterocycles. The van der Waals surface area contributed by atoms with Gasteiger partial charge in [-0.25, -0.2) is 4.98 Å². The lowest BCUT2D eigenvalue weighted by atomic mass is 10.0. The minimum absolute atomic E-state index is 0.331. The Kier molecular flexibility index (Phi) is 5.48. The molecule has 0 saturated heterocycles. The van der Waals surface area contributed by atoms with Gasteiger partial charge in [-0.1, -0.05) is 17.7 Å². The molecule has 4 rings (SSSR count). The topological polar surface area (TPSA) is 96.5 Å². The van der Waals surface area contributed by atoms with Crippen LogP contribution in [0.5, 0.6) is 0 Å². The number of hydrogen-bond acceptors (Lipinski definition) is 5. The van der Waals surface area contributed by atoms with Crippen LogP contribution >= 0.6 is 11.6 Å². The van der Waals surface area contributed by atoms with Gasteiger partial charge in [0.05, 0.1) is 17.3 Å². The number of anilines is 1. The Morgan fingerprint density at radius 1 is 1.10 bits per heavy atom. The molecular weight excluding hydrogens is 412 g/mol. The third-order valence-corrected chi connectivity index (χ3v) is 5.23. The molecule has 0 spiro atoms. The van der Waals surface area contributed by atoms with Crippen molar-refractivity contribution in [3.8, 4) is 28.3 Å². The molecule has 0 unspecified atom stereocenters. The summed E-state index contributed by atoms with van der Waals surface area (Å²) in [4.78, 5) is 20.9. The van der Waals surface area contributed by atoms with Gasteiger partial charge in [0.15, 0.2) is 0 Å². The maximum absolute atomic E-state index is 12.6. The van der Waals surface area contributed by atoms with Crippen molar-refractivity contribution in [2.45, 2.75) is 6.92 Å². The lowest BCUT2D eigenvalue weighted by molar-refractivity contribution is 0.102. The van der Waals surface area contributed by atoms with Crippen LogP contribution in [-0.4, -0.2) is 25.7 Å². The van der Waals surface area contributed by atoms with Gasteiger partial charge in [-0.15, -0.1) is 0 Å². The van der Waals surface area contributed by atoms with Gasteiger partial charge in [0, 0.05) is 53.5 Å². The Labute approximate surface area is 184 Å². The Bertz CT molecular complexity index is 1320. The molecule has 0 atom stereocenters. The number of aryl methyl sites for hydroxylation is 1. The maximum Gasteiger partial charge on any atom is 0.258 e. The second-order valence-corrected chi connectivity index (χ2v) is 7.36. The molecule has 0 aliphatic rings. The Hall–Kier alpha value is -4.02. The molecule has 0 radical (unpaired) electrons. The van der Waals surface area contributed by atoms with Crippen LogP contribution < -0.4 is 5.32 Å². The number of aromatic nitrogens is 4. The first-order valence-corrected chi connectivity index (χ1v) is 9.75. The summed E-state index contributed by atoms with van der Waals surface area (Å²) in [5.74, 6) is 0.00834. The second-order valence-electron chi connectivity index (χ2n) is 6.95. The van der Waals surface area contributed by atoms with Crippen molar-refractivity contribution in [3.05, 3.63) is 83.0 Å². The molecule has 0 bridgehead atoms. The summed E-state index contributed by atoms with van der Waals surface area (Å²) in [6, 6.07) is 11.3. The molecule has 1 aromatic carbocycles. The summed E-state index contributed by atoms with van der Waals surface area (Å²) in [7, 11) is 1.87. The molecule has 4 aromatic rings. The summed E-state index contributed by atoms with van der Waals surface area (Å²) in [5.41, 5.74) is 4.89. The average Bonchev–Trinajstić information content (AvgIpc) is 3.21. The number of pyridine rings is 2. The van der Waals surface area contributed by atoms with Crippen molar-refractivity contribution in [2.24, 2.45) is 7.05 Å². The molecule has 0 aliphatic heterocycles. The SMILES string of the molecule is Cc1c(C#N)cncc1C(=O)Nc1ccc(-c2cc(-c3cnn(C)c3)ccc2Cl)cn1. The number of halogens is 1. The molecular formula is C23H17ClN6O. The van der Waals surface area contributed by atoms with Crippen LogP contribution in [0.2, 0.25) is 5.02 Å². The Morgan fingerprint density at radius 2 is 1.90 bits per heavy atom. The molecule has 152 valence electrons. The van der Waals surface area contributed by atoms with Gasteiger partial charge in [-0.3, -0.25) is 14.5 Å². The van der Waals surface area contributed by atoms with Gasteiger partial charge < -0.3 is 5.32 Å². The third-order valence-electron chi connectivity index (χ3n) is 4.90. The zero-order valence-electron chi connectivity index (χ0n) is 16.8. The zero-order chi connectivity index (χ0) is 22.0. The van der Waals surface area contributed by atoms with Crippen molar-refractivity contribution in [1.29, 1.82) is 5.26 Å². The molecule has 31 heavy (non-hydrogen) atoms. The van der Waals surface area contributed by atoms with Gasteiger partial charge >= 0.3 is 0 Å². The monoisotopic (exact) mass is 428 g/mol. The van der Waals surface area contributed by atoms with E-state index < -0.39 is 0 Å². The summed E-state index contributed by atoms with van der Waals surface area (Å²) in [5, 5.41) is 16.7. The van der Waals surface area contributed by atoms with E-state index in [1.54, 1.807) is 30.1 Å². The van der Waals surface area contributed by atoms with Crippen molar-refractivity contribution >= 4 is 23.3 Å². The maximum atomic E-state index is 12.6. The summed E-state index contributed by atoms with van der Waals surface area (Å²) < 4.78 is 1.74. The number of hydrogen-bond donors (Lipinski definition) is 1. The third kappa shape index (κ3) is 4.15. The highest BCUT2D eigenvalue weighted by molar-refractivity contribution is 6.33. The number of nitrogens with zero attached hydrogens (tertiary/aromatic N) is 5. The number of carbonyl (C=O) groups is 1. The van der Waals surface area contributed by atoms with Crippen LogP contribution in [0.4, 0.5) is 5.82 Å². The molecule has 3 heterocycles. The van der Waals surface area contributed by atoms with Crippen LogP contribution in [0.1, 0.15) is 21.5 Å². The smallest absolute Gasteiger partial charge is 0.258 e. The molecule has 1 N–H and O–H groups in total. The van der Waals surface area contributed by atoms with E-state index in [2.05, 4.69) is 20.4 Å². The van der Waals surface area contributed by atoms with Crippen molar-refractivity contribution in [1.82, 2.24) is 19.7 Å². The quantitative estimate of drug-likeness (QED) is 0.511. The number of nitriles is 1. The fourth-order valence-corrected chi connectivity index (χ4v) is 3.40. The fraction of sp³-hybridized carbons (Fsp3) is 0.0870. The molecule has 0 saturated carbocycles. The zero-order valence-corrected chi connectivity index (χ0v) is 17.6. The van der Waals surface area contributed by atoms with Crippen LogP contribution in [0.25, 0.3) is 22.3 Å². The van der Waals surface area contributed by atoms with Gasteiger partial charge in [-0.2, -0.15) is 10.4 Å². The predicted molar refractivity (Wildman–Crippen MR) is 119 cm³/mol. The lowest BCUT2D eigenvalue weighted by Crippen LogP contribution is -2.15. The first kappa shape index (κ1) is 20.3. The highest BCUT2D eigenvalue weighted by Gasteiger charge is 2.14. The normalized spacial score (nSPS) is 10.5. The van der Waals surface area contributed by atoms with Crippen molar-refractivity contribution < 1.29 is 4.79 Å². The Morgan fingerprint density at radius 3 is 2.58 bits per heavy atom. The average molecular weight is 429 g/mol. The molecule has 7 nitrogen and oxygen atoms in total. The van der Waals surface area contributed by atoms with E-state index in [-0.39, 0.29) is 5.91 Å². The summed E-state index contributed by atoms with van der Waals surface area (Å²) >= 11 is 6.42. The first-order chi connectivity index (χ1) is 15.0.